The van der Waals surface area contributed by atoms with E-state index < -0.39 is 0 Å². The molecule has 0 amide bonds. The number of unbranched alkanes of at least 4 members (excludes halogenated alkanes) is 1. The normalized spacial score (nSPS) is 10.7. The fraction of sp³-hybridized carbons (Fsp3) is 0.538. The molecule has 0 radical (unpaired) electrons. The second-order valence-electron chi connectivity index (χ2n) is 3.84. The minimum atomic E-state index is 0.564. The molecule has 0 spiro atoms. The van der Waals surface area contributed by atoms with E-state index in [1.807, 2.05) is 12.1 Å². The van der Waals surface area contributed by atoms with Crippen LogP contribution in [-0.2, 0) is 10.1 Å². The molecular weight excluding hydrogens is 428 g/mol. The van der Waals surface area contributed by atoms with Crippen LogP contribution in [0.25, 0.3) is 0 Å². The van der Waals surface area contributed by atoms with Gasteiger partial charge in [-0.05, 0) is 56.0 Å². The third-order valence-electron chi connectivity index (χ3n) is 2.33. The third-order valence-corrected chi connectivity index (χ3v) is 4.15. The maximum Gasteiger partial charge on any atom is 0.147 e. The summed E-state index contributed by atoms with van der Waals surface area (Å²) in [7, 11) is 0. The predicted octanol–water partition coefficient (Wildman–Crippen LogP) is 5.30. The number of hydrogen-bond donors (Lipinski definition) is 0. The van der Waals surface area contributed by atoms with Crippen molar-refractivity contribution in [3.05, 3.63) is 26.6 Å². The number of halogens is 3. The molecule has 0 aliphatic heterocycles. The molecule has 102 valence electrons. The van der Waals surface area contributed by atoms with Crippen LogP contribution in [0.3, 0.4) is 0 Å². The minimum absolute atomic E-state index is 0.564. The lowest BCUT2D eigenvalue weighted by Crippen LogP contribution is -2.08. The summed E-state index contributed by atoms with van der Waals surface area (Å²) in [6.45, 7) is 4.15. The van der Waals surface area contributed by atoms with Crippen molar-refractivity contribution in [3.8, 4) is 5.75 Å². The summed E-state index contributed by atoms with van der Waals surface area (Å²) in [5.41, 5.74) is 1.19. The molecule has 18 heavy (non-hydrogen) atoms. The van der Waals surface area contributed by atoms with E-state index in [0.29, 0.717) is 13.2 Å². The van der Waals surface area contributed by atoms with Crippen LogP contribution in [0.15, 0.2) is 21.1 Å². The standard InChI is InChI=1S/C13H17Br3O2/c1-2-3-4-17-5-6-18-13-11(15)7-10(9-14)8-12(13)16/h7-8H,2-6,9H2,1H3. The highest BCUT2D eigenvalue weighted by Gasteiger charge is 2.08. The van der Waals surface area contributed by atoms with Crippen molar-refractivity contribution in [2.75, 3.05) is 19.8 Å². The van der Waals surface area contributed by atoms with Crippen LogP contribution >= 0.6 is 47.8 Å². The molecule has 0 unspecified atom stereocenters. The van der Waals surface area contributed by atoms with Crippen molar-refractivity contribution in [2.24, 2.45) is 0 Å². The number of alkyl halides is 1. The summed E-state index contributed by atoms with van der Waals surface area (Å²) in [6, 6.07) is 4.10. The second kappa shape index (κ2) is 9.34. The summed E-state index contributed by atoms with van der Waals surface area (Å²) in [5, 5.41) is 0.824. The zero-order chi connectivity index (χ0) is 13.4. The molecule has 0 aromatic heterocycles. The van der Waals surface area contributed by atoms with E-state index in [9.17, 15) is 0 Å². The van der Waals surface area contributed by atoms with Crippen molar-refractivity contribution in [3.63, 3.8) is 0 Å². The molecule has 0 aliphatic carbocycles. The maximum atomic E-state index is 5.71. The lowest BCUT2D eigenvalue weighted by molar-refractivity contribution is 0.0975. The molecule has 0 bridgehead atoms. The van der Waals surface area contributed by atoms with E-state index in [1.165, 1.54) is 5.56 Å². The fourth-order valence-electron chi connectivity index (χ4n) is 1.38. The Kier molecular flexibility index (Phi) is 8.55. The first kappa shape index (κ1) is 16.5. The molecule has 0 N–H and O–H groups in total. The Hall–Kier alpha value is 0.420. The quantitative estimate of drug-likeness (QED) is 0.400. The Bertz CT molecular complexity index is 346. The first-order valence-electron chi connectivity index (χ1n) is 5.93. The number of benzene rings is 1. The van der Waals surface area contributed by atoms with Gasteiger partial charge in [-0.2, -0.15) is 0 Å². The van der Waals surface area contributed by atoms with Gasteiger partial charge in [0.15, 0.2) is 0 Å². The van der Waals surface area contributed by atoms with E-state index in [2.05, 4.69) is 54.7 Å². The van der Waals surface area contributed by atoms with Gasteiger partial charge in [-0.3, -0.25) is 0 Å². The largest absolute Gasteiger partial charge is 0.489 e. The molecule has 0 fully saturated rings. The van der Waals surface area contributed by atoms with Crippen molar-refractivity contribution < 1.29 is 9.47 Å². The predicted molar refractivity (Wildman–Crippen MR) is 85.7 cm³/mol. The van der Waals surface area contributed by atoms with Gasteiger partial charge in [0.2, 0.25) is 0 Å². The number of hydrogen-bond acceptors (Lipinski definition) is 2. The summed E-state index contributed by atoms with van der Waals surface area (Å²) >= 11 is 10.5. The average molecular weight is 445 g/mol. The van der Waals surface area contributed by atoms with Crippen LogP contribution in [0.5, 0.6) is 5.75 Å². The first-order valence-corrected chi connectivity index (χ1v) is 8.64. The van der Waals surface area contributed by atoms with Crippen molar-refractivity contribution in [2.45, 2.75) is 25.1 Å². The van der Waals surface area contributed by atoms with Gasteiger partial charge in [0.25, 0.3) is 0 Å². The second-order valence-corrected chi connectivity index (χ2v) is 6.11. The van der Waals surface area contributed by atoms with E-state index >= 15 is 0 Å². The molecule has 0 saturated carbocycles. The molecule has 0 atom stereocenters. The number of ether oxygens (including phenoxy) is 2. The molecule has 0 aliphatic rings. The van der Waals surface area contributed by atoms with Crippen LogP contribution in [0.4, 0.5) is 0 Å². The van der Waals surface area contributed by atoms with Crippen LogP contribution in [0.2, 0.25) is 0 Å². The highest BCUT2D eigenvalue weighted by atomic mass is 79.9. The van der Waals surface area contributed by atoms with Crippen molar-refractivity contribution in [1.82, 2.24) is 0 Å². The van der Waals surface area contributed by atoms with E-state index in [-0.39, 0.29) is 0 Å². The Morgan fingerprint density at radius 2 is 1.72 bits per heavy atom. The molecule has 2 nitrogen and oxygen atoms in total. The maximum absolute atomic E-state index is 5.71. The van der Waals surface area contributed by atoms with Crippen LogP contribution < -0.4 is 4.74 Å². The highest BCUT2D eigenvalue weighted by Crippen LogP contribution is 2.35. The fourth-order valence-corrected chi connectivity index (χ4v) is 3.21. The summed E-state index contributed by atoms with van der Waals surface area (Å²) in [5.74, 6) is 0.832. The molecule has 1 aromatic carbocycles. The zero-order valence-electron chi connectivity index (χ0n) is 10.3. The SMILES string of the molecule is CCCCOCCOc1c(Br)cc(CBr)cc1Br. The molecule has 0 saturated heterocycles. The van der Waals surface area contributed by atoms with Crippen molar-refractivity contribution >= 4 is 47.8 Å². The molecule has 1 rings (SSSR count). The highest BCUT2D eigenvalue weighted by molar-refractivity contribution is 9.11. The van der Waals surface area contributed by atoms with Gasteiger partial charge in [0.1, 0.15) is 12.4 Å². The van der Waals surface area contributed by atoms with Gasteiger partial charge in [0, 0.05) is 11.9 Å². The topological polar surface area (TPSA) is 18.5 Å². The minimum Gasteiger partial charge on any atom is -0.489 e. The van der Waals surface area contributed by atoms with Crippen LogP contribution in [0, 0.1) is 0 Å². The summed E-state index contributed by atoms with van der Waals surface area (Å²) in [6.07, 6.45) is 2.26. The molecule has 0 heterocycles. The lowest BCUT2D eigenvalue weighted by Gasteiger charge is -2.11. The van der Waals surface area contributed by atoms with Crippen LogP contribution in [0.1, 0.15) is 25.3 Å². The molecule has 1 aromatic rings. The molecule has 5 heteroatoms. The monoisotopic (exact) mass is 442 g/mol. The van der Waals surface area contributed by atoms with E-state index in [1.54, 1.807) is 0 Å². The van der Waals surface area contributed by atoms with Gasteiger partial charge >= 0.3 is 0 Å². The zero-order valence-corrected chi connectivity index (χ0v) is 15.1. The number of rotatable bonds is 8. The van der Waals surface area contributed by atoms with Gasteiger partial charge in [-0.1, -0.05) is 29.3 Å². The summed E-state index contributed by atoms with van der Waals surface area (Å²) < 4.78 is 13.1. The third kappa shape index (κ3) is 5.59. The van der Waals surface area contributed by atoms with Gasteiger partial charge in [-0.25, -0.2) is 0 Å². The van der Waals surface area contributed by atoms with E-state index in [4.69, 9.17) is 9.47 Å². The smallest absolute Gasteiger partial charge is 0.147 e. The Morgan fingerprint density at radius 3 is 2.28 bits per heavy atom. The average Bonchev–Trinajstić information content (AvgIpc) is 2.35. The van der Waals surface area contributed by atoms with Crippen LogP contribution in [-0.4, -0.2) is 19.8 Å². The Morgan fingerprint density at radius 1 is 1.06 bits per heavy atom. The Labute approximate surface area is 134 Å². The lowest BCUT2D eigenvalue weighted by atomic mass is 10.2. The van der Waals surface area contributed by atoms with E-state index in [0.717, 1.165) is 39.5 Å². The van der Waals surface area contributed by atoms with Gasteiger partial charge in [-0.15, -0.1) is 0 Å². The Balaban J connectivity index is 2.42. The van der Waals surface area contributed by atoms with Crippen molar-refractivity contribution in [1.29, 1.82) is 0 Å². The molecular formula is C13H17Br3O2. The van der Waals surface area contributed by atoms with Gasteiger partial charge < -0.3 is 9.47 Å². The van der Waals surface area contributed by atoms with Gasteiger partial charge in [0.05, 0.1) is 15.6 Å². The summed E-state index contributed by atoms with van der Waals surface area (Å²) in [4.78, 5) is 0. The first-order chi connectivity index (χ1) is 8.69.